The molecule has 9 heteroatoms. The quantitative estimate of drug-likeness (QED) is 0.787. The molecule has 1 amide bonds. The van der Waals surface area contributed by atoms with Crippen LogP contribution < -0.4 is 0 Å². The molecule has 0 spiro atoms. The van der Waals surface area contributed by atoms with Crippen LogP contribution in [0.2, 0.25) is 0 Å². The SMILES string of the molecule is O=C(CSC(F)(F)F)N(C1CC1)[C@@H]1CCS(=O)(=O)C1. The van der Waals surface area contributed by atoms with Crippen molar-refractivity contribution >= 4 is 27.5 Å². The first kappa shape index (κ1) is 15.0. The van der Waals surface area contributed by atoms with E-state index in [1.165, 1.54) is 4.90 Å². The van der Waals surface area contributed by atoms with Crippen LogP contribution in [0.4, 0.5) is 13.2 Å². The minimum absolute atomic E-state index is 0.0145. The van der Waals surface area contributed by atoms with Crippen LogP contribution in [0.3, 0.4) is 0 Å². The predicted molar refractivity (Wildman–Crippen MR) is 65.4 cm³/mol. The maximum atomic E-state index is 12.1. The number of hydrogen-bond donors (Lipinski definition) is 0. The smallest absolute Gasteiger partial charge is 0.335 e. The van der Waals surface area contributed by atoms with Crippen molar-refractivity contribution in [3.05, 3.63) is 0 Å². The lowest BCUT2D eigenvalue weighted by molar-refractivity contribution is -0.131. The predicted octanol–water partition coefficient (Wildman–Crippen LogP) is 1.42. The van der Waals surface area contributed by atoms with Gasteiger partial charge < -0.3 is 4.90 Å². The molecule has 0 aromatic rings. The van der Waals surface area contributed by atoms with E-state index in [1.807, 2.05) is 0 Å². The molecule has 2 aliphatic rings. The van der Waals surface area contributed by atoms with Gasteiger partial charge >= 0.3 is 5.51 Å². The summed E-state index contributed by atoms with van der Waals surface area (Å²) in [4.78, 5) is 13.3. The second-order valence-electron chi connectivity index (χ2n) is 4.82. The first-order valence-electron chi connectivity index (χ1n) is 5.90. The molecular formula is C10H14F3NO3S2. The second-order valence-corrected chi connectivity index (χ2v) is 8.09. The van der Waals surface area contributed by atoms with Crippen LogP contribution in [0.15, 0.2) is 0 Å². The highest BCUT2D eigenvalue weighted by Gasteiger charge is 2.42. The number of thioether (sulfide) groups is 1. The number of alkyl halides is 3. The molecule has 1 atom stereocenters. The monoisotopic (exact) mass is 317 g/mol. The van der Waals surface area contributed by atoms with Gasteiger partial charge in [0.25, 0.3) is 0 Å². The Balaban J connectivity index is 1.99. The van der Waals surface area contributed by atoms with E-state index in [2.05, 4.69) is 0 Å². The van der Waals surface area contributed by atoms with Crippen molar-refractivity contribution in [2.24, 2.45) is 0 Å². The molecule has 0 N–H and O–H groups in total. The third-order valence-corrected chi connectivity index (χ3v) is 5.66. The van der Waals surface area contributed by atoms with Gasteiger partial charge in [0.1, 0.15) is 0 Å². The summed E-state index contributed by atoms with van der Waals surface area (Å²) in [7, 11) is -3.15. The molecule has 1 heterocycles. The van der Waals surface area contributed by atoms with E-state index < -0.39 is 33.0 Å². The van der Waals surface area contributed by atoms with Crippen molar-refractivity contribution in [1.82, 2.24) is 4.90 Å². The van der Waals surface area contributed by atoms with Gasteiger partial charge in [0, 0.05) is 12.1 Å². The Hall–Kier alpha value is -0.440. The van der Waals surface area contributed by atoms with E-state index in [1.54, 1.807) is 0 Å². The summed E-state index contributed by atoms with van der Waals surface area (Å²) in [5.41, 5.74) is -4.44. The number of nitrogens with zero attached hydrogens (tertiary/aromatic N) is 1. The summed E-state index contributed by atoms with van der Waals surface area (Å²) < 4.78 is 59.1. The van der Waals surface area contributed by atoms with Gasteiger partial charge in [0.15, 0.2) is 9.84 Å². The van der Waals surface area contributed by atoms with Gasteiger partial charge in [-0.15, -0.1) is 0 Å². The maximum absolute atomic E-state index is 12.1. The number of hydrogen-bond acceptors (Lipinski definition) is 4. The third-order valence-electron chi connectivity index (χ3n) is 3.19. The van der Waals surface area contributed by atoms with Gasteiger partial charge in [-0.2, -0.15) is 13.2 Å². The zero-order valence-electron chi connectivity index (χ0n) is 10.0. The molecule has 2 fully saturated rings. The lowest BCUT2D eigenvalue weighted by Crippen LogP contribution is -2.44. The summed E-state index contributed by atoms with van der Waals surface area (Å²) in [5.74, 6) is -1.38. The highest BCUT2D eigenvalue weighted by Crippen LogP contribution is 2.35. The van der Waals surface area contributed by atoms with E-state index >= 15 is 0 Å². The fourth-order valence-corrected chi connectivity index (χ4v) is 4.42. The normalized spacial score (nSPS) is 26.4. The second kappa shape index (κ2) is 5.16. The number of carbonyl (C=O) groups excluding carboxylic acids is 1. The fourth-order valence-electron chi connectivity index (χ4n) is 2.27. The Morgan fingerprint density at radius 2 is 1.84 bits per heavy atom. The van der Waals surface area contributed by atoms with E-state index in [0.717, 1.165) is 12.8 Å². The van der Waals surface area contributed by atoms with Crippen molar-refractivity contribution in [3.8, 4) is 0 Å². The number of carbonyl (C=O) groups is 1. The van der Waals surface area contributed by atoms with Gasteiger partial charge in [-0.05, 0) is 31.0 Å². The highest BCUT2D eigenvalue weighted by molar-refractivity contribution is 8.00. The Morgan fingerprint density at radius 3 is 2.26 bits per heavy atom. The Labute approximate surface area is 113 Å². The standard InChI is InChI=1S/C10H14F3NO3S2/c11-10(12,13)18-5-9(15)14(7-1-2-7)8-3-4-19(16,17)6-8/h7-8H,1-6H2/t8-/m1/s1. The lowest BCUT2D eigenvalue weighted by atomic mass is 10.2. The zero-order valence-corrected chi connectivity index (χ0v) is 11.7. The molecule has 0 unspecified atom stereocenters. The van der Waals surface area contributed by atoms with E-state index in [4.69, 9.17) is 0 Å². The van der Waals surface area contributed by atoms with E-state index in [-0.39, 0.29) is 29.3 Å². The molecule has 110 valence electrons. The molecule has 2 rings (SSSR count). The molecular weight excluding hydrogens is 303 g/mol. The van der Waals surface area contributed by atoms with Crippen molar-refractivity contribution < 1.29 is 26.4 Å². The number of rotatable bonds is 4. The molecule has 1 saturated heterocycles. The lowest BCUT2D eigenvalue weighted by Gasteiger charge is -2.28. The van der Waals surface area contributed by atoms with Crippen LogP contribution in [0.1, 0.15) is 19.3 Å². The zero-order chi connectivity index (χ0) is 14.3. The number of sulfone groups is 1. The average molecular weight is 317 g/mol. The average Bonchev–Trinajstić information content (AvgIpc) is 3.00. The highest BCUT2D eigenvalue weighted by atomic mass is 32.2. The Morgan fingerprint density at radius 1 is 1.21 bits per heavy atom. The van der Waals surface area contributed by atoms with E-state index in [0.29, 0.717) is 6.42 Å². The molecule has 1 aliphatic heterocycles. The van der Waals surface area contributed by atoms with Crippen LogP contribution in [0.25, 0.3) is 0 Å². The summed E-state index contributed by atoms with van der Waals surface area (Å²) in [5, 5.41) is 0. The third kappa shape index (κ3) is 4.27. The van der Waals surface area contributed by atoms with Gasteiger partial charge in [-0.1, -0.05) is 0 Å². The van der Waals surface area contributed by atoms with Crippen molar-refractivity contribution in [2.45, 2.75) is 36.9 Å². The number of amides is 1. The topological polar surface area (TPSA) is 54.5 Å². The summed E-state index contributed by atoms with van der Waals surface area (Å²) in [6.07, 6.45) is 1.83. The minimum Gasteiger partial charge on any atom is -0.335 e. The molecule has 0 bridgehead atoms. The molecule has 1 aliphatic carbocycles. The van der Waals surface area contributed by atoms with Gasteiger partial charge in [0.05, 0.1) is 17.3 Å². The molecule has 0 aromatic carbocycles. The summed E-state index contributed by atoms with van der Waals surface area (Å²) in [6.45, 7) is 0. The van der Waals surface area contributed by atoms with Crippen molar-refractivity contribution in [1.29, 1.82) is 0 Å². The summed E-state index contributed by atoms with van der Waals surface area (Å²) >= 11 is -0.367. The van der Waals surface area contributed by atoms with Crippen LogP contribution in [-0.4, -0.2) is 54.1 Å². The largest absolute Gasteiger partial charge is 0.442 e. The number of halogens is 3. The molecule has 0 radical (unpaired) electrons. The molecule has 4 nitrogen and oxygen atoms in total. The minimum atomic E-state index is -4.44. The Bertz CT molecular complexity index is 459. The van der Waals surface area contributed by atoms with E-state index in [9.17, 15) is 26.4 Å². The first-order chi connectivity index (χ1) is 8.68. The molecule has 0 aromatic heterocycles. The van der Waals surface area contributed by atoms with Gasteiger partial charge in [0.2, 0.25) is 5.91 Å². The maximum Gasteiger partial charge on any atom is 0.442 e. The van der Waals surface area contributed by atoms with Gasteiger partial charge in [-0.3, -0.25) is 4.79 Å². The molecule has 1 saturated carbocycles. The fraction of sp³-hybridized carbons (Fsp3) is 0.900. The van der Waals surface area contributed by atoms with Crippen molar-refractivity contribution in [3.63, 3.8) is 0 Å². The van der Waals surface area contributed by atoms with Crippen molar-refractivity contribution in [2.75, 3.05) is 17.3 Å². The van der Waals surface area contributed by atoms with Gasteiger partial charge in [-0.25, -0.2) is 8.42 Å². The van der Waals surface area contributed by atoms with Crippen LogP contribution in [0, 0.1) is 0 Å². The van der Waals surface area contributed by atoms with Crippen LogP contribution in [-0.2, 0) is 14.6 Å². The van der Waals surface area contributed by atoms with Crippen LogP contribution >= 0.6 is 11.8 Å². The first-order valence-corrected chi connectivity index (χ1v) is 8.71. The summed E-state index contributed by atoms with van der Waals surface area (Å²) in [6, 6.07) is -0.515. The Kier molecular flexibility index (Phi) is 4.06. The van der Waals surface area contributed by atoms with Crippen LogP contribution in [0.5, 0.6) is 0 Å². The molecule has 19 heavy (non-hydrogen) atoms.